The van der Waals surface area contributed by atoms with Crippen molar-refractivity contribution < 1.29 is 22.7 Å². The summed E-state index contributed by atoms with van der Waals surface area (Å²) >= 11 is 1.24. The number of ether oxygens (including phenoxy) is 1. The predicted molar refractivity (Wildman–Crippen MR) is 155 cm³/mol. The average Bonchev–Trinajstić information content (AvgIpc) is 3.81. The SMILES string of the molecule is Cc1c(-c2ccc(N3CCOCC3)nc2)cc(C(F)F)c2cn(C(C(=O)Nc3nccs3)c3ncn4c3C[C@@H](F)C4)nc12. The summed E-state index contributed by atoms with van der Waals surface area (Å²) < 4.78 is 51.8. The molecule has 2 aliphatic rings. The Morgan fingerprint density at radius 2 is 2.02 bits per heavy atom. The molecule has 1 unspecified atom stereocenters. The number of nitrogens with one attached hydrogen (secondary N) is 1. The topological polar surface area (TPSA) is 103 Å². The molecule has 14 heteroatoms. The highest BCUT2D eigenvalue weighted by Crippen LogP contribution is 2.38. The number of aryl methyl sites for hydroxylation is 1. The number of alkyl halides is 3. The number of carbonyl (C=O) groups is 1. The van der Waals surface area contributed by atoms with E-state index >= 15 is 0 Å². The summed E-state index contributed by atoms with van der Waals surface area (Å²) in [5.74, 6) is 0.285. The Labute approximate surface area is 248 Å². The van der Waals surface area contributed by atoms with Crippen LogP contribution in [0.25, 0.3) is 22.0 Å². The molecule has 1 aromatic carbocycles. The van der Waals surface area contributed by atoms with Crippen LogP contribution in [0.3, 0.4) is 0 Å². The van der Waals surface area contributed by atoms with Crippen molar-refractivity contribution in [2.45, 2.75) is 38.5 Å². The number of anilines is 2. The molecular formula is C29H27F3N8O2S. The number of amides is 1. The maximum Gasteiger partial charge on any atom is 0.264 e. The van der Waals surface area contributed by atoms with Gasteiger partial charge in [-0.2, -0.15) is 5.10 Å². The van der Waals surface area contributed by atoms with Crippen LogP contribution in [0.5, 0.6) is 0 Å². The number of aromatic nitrogens is 6. The first-order valence-corrected chi connectivity index (χ1v) is 14.7. The van der Waals surface area contributed by atoms with Crippen LogP contribution < -0.4 is 10.2 Å². The first-order valence-electron chi connectivity index (χ1n) is 13.9. The molecule has 0 aliphatic carbocycles. The van der Waals surface area contributed by atoms with Gasteiger partial charge in [0.2, 0.25) is 0 Å². The zero-order valence-electron chi connectivity index (χ0n) is 23.1. The first kappa shape index (κ1) is 27.5. The quantitative estimate of drug-likeness (QED) is 0.279. The number of hydrogen-bond donors (Lipinski definition) is 1. The number of nitrogens with zero attached hydrogens (tertiary/aromatic N) is 7. The lowest BCUT2D eigenvalue weighted by atomic mass is 9.96. The van der Waals surface area contributed by atoms with Gasteiger partial charge in [-0.1, -0.05) is 0 Å². The molecule has 4 aromatic heterocycles. The molecule has 1 fully saturated rings. The van der Waals surface area contributed by atoms with Gasteiger partial charge in [0, 0.05) is 65.7 Å². The molecule has 2 atom stereocenters. The Bertz CT molecular complexity index is 1780. The normalized spacial score (nSPS) is 17.5. The number of imidazole rings is 1. The highest BCUT2D eigenvalue weighted by molar-refractivity contribution is 7.13. The molecule has 7 rings (SSSR count). The van der Waals surface area contributed by atoms with Gasteiger partial charge >= 0.3 is 0 Å². The molecule has 0 bridgehead atoms. The molecule has 43 heavy (non-hydrogen) atoms. The Balaban J connectivity index is 1.32. The number of carbonyl (C=O) groups excluding carboxylic acids is 1. The number of fused-ring (bicyclic) bond motifs is 2. The van der Waals surface area contributed by atoms with E-state index in [9.17, 15) is 18.0 Å². The molecule has 1 amide bonds. The van der Waals surface area contributed by atoms with Crippen LogP contribution in [0.4, 0.5) is 24.1 Å². The molecule has 5 aromatic rings. The van der Waals surface area contributed by atoms with Crippen molar-refractivity contribution >= 4 is 39.1 Å². The van der Waals surface area contributed by atoms with Gasteiger partial charge in [-0.05, 0) is 36.2 Å². The third kappa shape index (κ3) is 5.03. The monoisotopic (exact) mass is 608 g/mol. The third-order valence-corrected chi connectivity index (χ3v) is 8.64. The lowest BCUT2D eigenvalue weighted by molar-refractivity contribution is -0.118. The van der Waals surface area contributed by atoms with E-state index in [1.165, 1.54) is 34.6 Å². The number of hydrogen-bond acceptors (Lipinski definition) is 8. The van der Waals surface area contributed by atoms with Crippen LogP contribution in [0.15, 0.2) is 48.5 Å². The maximum absolute atomic E-state index is 14.5. The Morgan fingerprint density at radius 1 is 1.19 bits per heavy atom. The minimum absolute atomic E-state index is 0.0933. The molecule has 222 valence electrons. The van der Waals surface area contributed by atoms with Gasteiger partial charge in [0.1, 0.15) is 12.0 Å². The van der Waals surface area contributed by atoms with E-state index in [1.54, 1.807) is 22.3 Å². The van der Waals surface area contributed by atoms with Crippen LogP contribution in [0, 0.1) is 6.92 Å². The summed E-state index contributed by atoms with van der Waals surface area (Å²) in [6.45, 7) is 4.66. The van der Waals surface area contributed by atoms with Crippen molar-refractivity contribution in [1.82, 2.24) is 29.3 Å². The summed E-state index contributed by atoms with van der Waals surface area (Å²) in [5.41, 5.74) is 2.92. The Morgan fingerprint density at radius 3 is 2.74 bits per heavy atom. The van der Waals surface area contributed by atoms with E-state index < -0.39 is 24.5 Å². The largest absolute Gasteiger partial charge is 0.378 e. The number of benzene rings is 1. The average molecular weight is 609 g/mol. The summed E-state index contributed by atoms with van der Waals surface area (Å²) in [7, 11) is 0. The van der Waals surface area contributed by atoms with E-state index in [4.69, 9.17) is 9.84 Å². The fourth-order valence-electron chi connectivity index (χ4n) is 5.83. The predicted octanol–water partition coefficient (Wildman–Crippen LogP) is 4.96. The van der Waals surface area contributed by atoms with Crippen LogP contribution in [0.2, 0.25) is 0 Å². The second-order valence-corrected chi connectivity index (χ2v) is 11.5. The lowest BCUT2D eigenvalue weighted by Gasteiger charge is -2.27. The van der Waals surface area contributed by atoms with Gasteiger partial charge in [0.25, 0.3) is 12.3 Å². The van der Waals surface area contributed by atoms with Gasteiger partial charge in [0.15, 0.2) is 11.2 Å². The number of thiazole rings is 1. The smallest absolute Gasteiger partial charge is 0.264 e. The maximum atomic E-state index is 14.5. The second kappa shape index (κ2) is 11.1. The number of morpholine rings is 1. The zero-order valence-corrected chi connectivity index (χ0v) is 23.9. The Kier molecular flexibility index (Phi) is 7.09. The molecule has 6 heterocycles. The van der Waals surface area contributed by atoms with Crippen LogP contribution in [-0.2, 0) is 22.5 Å². The fourth-order valence-corrected chi connectivity index (χ4v) is 6.37. The second-order valence-electron chi connectivity index (χ2n) is 10.6. The number of rotatable bonds is 7. The van der Waals surface area contributed by atoms with E-state index in [-0.39, 0.29) is 23.9 Å². The summed E-state index contributed by atoms with van der Waals surface area (Å²) in [6, 6.07) is 4.07. The molecule has 0 radical (unpaired) electrons. The first-order chi connectivity index (χ1) is 20.9. The highest BCUT2D eigenvalue weighted by atomic mass is 32.1. The third-order valence-electron chi connectivity index (χ3n) is 7.95. The molecule has 10 nitrogen and oxygen atoms in total. The summed E-state index contributed by atoms with van der Waals surface area (Å²) in [4.78, 5) is 29.0. The van der Waals surface area contributed by atoms with Gasteiger partial charge < -0.3 is 14.2 Å². The van der Waals surface area contributed by atoms with Gasteiger partial charge in [-0.3, -0.25) is 14.8 Å². The van der Waals surface area contributed by atoms with Crippen LogP contribution in [0.1, 0.15) is 35.0 Å². The number of halogens is 3. The lowest BCUT2D eigenvalue weighted by Crippen LogP contribution is -2.36. The molecule has 1 saturated heterocycles. The van der Waals surface area contributed by atoms with Crippen molar-refractivity contribution in [3.05, 3.63) is 71.0 Å². The molecular weight excluding hydrogens is 581 g/mol. The Hall–Kier alpha value is -4.30. The zero-order chi connectivity index (χ0) is 29.7. The van der Waals surface area contributed by atoms with Gasteiger partial charge in [-0.25, -0.2) is 28.1 Å². The molecule has 1 N–H and O–H groups in total. The van der Waals surface area contributed by atoms with E-state index in [1.807, 2.05) is 19.1 Å². The van der Waals surface area contributed by atoms with Crippen molar-refractivity contribution in [2.75, 3.05) is 36.5 Å². The molecule has 2 aliphatic heterocycles. The van der Waals surface area contributed by atoms with Crippen molar-refractivity contribution in [2.24, 2.45) is 0 Å². The fraction of sp³-hybridized carbons (Fsp3) is 0.345. The summed E-state index contributed by atoms with van der Waals surface area (Å²) in [6.07, 6.45) is 2.38. The minimum atomic E-state index is -2.80. The van der Waals surface area contributed by atoms with Crippen molar-refractivity contribution in [3.8, 4) is 11.1 Å². The summed E-state index contributed by atoms with van der Waals surface area (Å²) in [5, 5.41) is 9.79. The van der Waals surface area contributed by atoms with Crippen molar-refractivity contribution in [3.63, 3.8) is 0 Å². The van der Waals surface area contributed by atoms with Gasteiger partial charge in [0.05, 0.1) is 37.3 Å². The molecule has 0 spiro atoms. The van der Waals surface area contributed by atoms with Gasteiger partial charge in [-0.15, -0.1) is 11.3 Å². The minimum Gasteiger partial charge on any atom is -0.378 e. The van der Waals surface area contributed by atoms with E-state index in [2.05, 4.69) is 25.2 Å². The van der Waals surface area contributed by atoms with Crippen molar-refractivity contribution in [1.29, 1.82) is 0 Å². The van der Waals surface area contributed by atoms with E-state index in [0.29, 0.717) is 51.9 Å². The van der Waals surface area contributed by atoms with Crippen LogP contribution in [-0.4, -0.2) is 67.7 Å². The standard InChI is InChI=1S/C29H27F3N8O2S/c1-16-19(17-2-3-23(34-12-17)38-5-7-42-8-6-38)11-20(27(31)32)21-14-40(37-24(16)21)26(28(41)36-29-33-4-9-43-29)25-22-10-18(30)13-39(22)15-35-25/h2-4,9,11-12,14-15,18,26-27H,5-8,10,13H2,1H3,(H,33,36,41)/t18-,26?/m1/s1. The highest BCUT2D eigenvalue weighted by Gasteiger charge is 2.35. The van der Waals surface area contributed by atoms with E-state index in [0.717, 1.165) is 18.9 Å². The molecule has 0 saturated carbocycles. The number of pyridine rings is 1. The van der Waals surface area contributed by atoms with Crippen LogP contribution >= 0.6 is 11.3 Å².